The Balaban J connectivity index is 2.37. The van der Waals surface area contributed by atoms with Crippen LogP contribution in [0.1, 0.15) is 18.9 Å². The second-order valence-electron chi connectivity index (χ2n) is 3.83. The molecule has 0 aliphatic heterocycles. The molecule has 0 bridgehead atoms. The summed E-state index contributed by atoms with van der Waals surface area (Å²) in [5.41, 5.74) is 0.719. The number of hydrogen-bond donors (Lipinski definition) is 1. The molecule has 0 heterocycles. The number of hydrogen-bond acceptors (Lipinski definition) is 3. The van der Waals surface area contributed by atoms with Gasteiger partial charge in [-0.25, -0.2) is 13.1 Å². The summed E-state index contributed by atoms with van der Waals surface area (Å²) in [4.78, 5) is 0. The normalized spacial score (nSPS) is 11.7. The molecule has 1 aromatic carbocycles. The van der Waals surface area contributed by atoms with E-state index < -0.39 is 10.0 Å². The number of sulfonamides is 1. The van der Waals surface area contributed by atoms with Crippen LogP contribution < -0.4 is 4.72 Å². The van der Waals surface area contributed by atoms with Gasteiger partial charge in [0.15, 0.2) is 0 Å². The van der Waals surface area contributed by atoms with E-state index in [2.05, 4.69) is 4.72 Å². The molecular formula is C12H18ClNO3S. The molecule has 0 unspecified atom stereocenters. The summed E-state index contributed by atoms with van der Waals surface area (Å²) >= 11 is 5.74. The molecule has 6 heteroatoms. The summed E-state index contributed by atoms with van der Waals surface area (Å²) in [5, 5.41) is 0.598. The molecule has 0 aliphatic rings. The van der Waals surface area contributed by atoms with E-state index in [0.717, 1.165) is 5.56 Å². The molecule has 0 aromatic heterocycles. The highest BCUT2D eigenvalue weighted by Gasteiger charge is 2.10. The fraction of sp³-hybridized carbons (Fsp3) is 0.500. The van der Waals surface area contributed by atoms with Gasteiger partial charge in [-0.15, -0.1) is 0 Å². The van der Waals surface area contributed by atoms with Gasteiger partial charge in [0.1, 0.15) is 0 Å². The van der Waals surface area contributed by atoms with Crippen molar-refractivity contribution in [3.8, 4) is 0 Å². The molecule has 0 radical (unpaired) electrons. The first-order chi connectivity index (χ1) is 8.53. The molecule has 0 fully saturated rings. The molecule has 0 saturated heterocycles. The van der Waals surface area contributed by atoms with E-state index in [1.54, 1.807) is 24.3 Å². The Morgan fingerprint density at radius 2 is 1.94 bits per heavy atom. The maximum Gasteiger partial charge on any atom is 0.215 e. The van der Waals surface area contributed by atoms with Gasteiger partial charge in [-0.3, -0.25) is 0 Å². The molecule has 1 N–H and O–H groups in total. The predicted molar refractivity (Wildman–Crippen MR) is 73.2 cm³/mol. The van der Waals surface area contributed by atoms with E-state index >= 15 is 0 Å². The van der Waals surface area contributed by atoms with Crippen LogP contribution in [0.3, 0.4) is 0 Å². The highest BCUT2D eigenvalue weighted by Crippen LogP contribution is 2.11. The lowest BCUT2D eigenvalue weighted by Crippen LogP contribution is -2.26. The second-order valence-corrected chi connectivity index (χ2v) is 6.07. The Morgan fingerprint density at radius 1 is 1.28 bits per heavy atom. The van der Waals surface area contributed by atoms with Crippen LogP contribution in [0.5, 0.6) is 0 Å². The smallest absolute Gasteiger partial charge is 0.215 e. The zero-order valence-corrected chi connectivity index (χ0v) is 11.9. The minimum atomic E-state index is -3.28. The maximum atomic E-state index is 11.7. The molecule has 1 aromatic rings. The molecule has 0 amide bonds. The maximum absolute atomic E-state index is 11.7. The lowest BCUT2D eigenvalue weighted by Gasteiger charge is -2.07. The summed E-state index contributed by atoms with van der Waals surface area (Å²) < 4.78 is 31.1. The van der Waals surface area contributed by atoms with Gasteiger partial charge < -0.3 is 4.74 Å². The zero-order valence-electron chi connectivity index (χ0n) is 10.4. The number of ether oxygens (including phenoxy) is 1. The molecule has 4 nitrogen and oxygen atoms in total. The average molecular weight is 292 g/mol. The summed E-state index contributed by atoms with van der Waals surface area (Å²) in [6.45, 7) is 3.53. The van der Waals surface area contributed by atoms with Crippen LogP contribution in [0.4, 0.5) is 0 Å². The fourth-order valence-corrected chi connectivity index (χ4v) is 2.71. The lowest BCUT2D eigenvalue weighted by molar-refractivity contribution is 0.146. The molecule has 0 saturated carbocycles. The Hall–Kier alpha value is -0.620. The first-order valence-corrected chi connectivity index (χ1v) is 7.86. The van der Waals surface area contributed by atoms with Crippen molar-refractivity contribution in [2.24, 2.45) is 0 Å². The van der Waals surface area contributed by atoms with Gasteiger partial charge in [0.05, 0.1) is 5.75 Å². The van der Waals surface area contributed by atoms with Crippen LogP contribution >= 0.6 is 11.6 Å². The van der Waals surface area contributed by atoms with Gasteiger partial charge in [-0.1, -0.05) is 23.7 Å². The monoisotopic (exact) mass is 291 g/mol. The average Bonchev–Trinajstić information content (AvgIpc) is 2.31. The molecule has 102 valence electrons. The SMILES string of the molecule is CCOCCCNS(=O)(=O)Cc1ccc(Cl)cc1. The lowest BCUT2D eigenvalue weighted by atomic mass is 10.2. The zero-order chi connectivity index (χ0) is 13.4. The minimum absolute atomic E-state index is 0.0290. The van der Waals surface area contributed by atoms with E-state index in [-0.39, 0.29) is 5.75 Å². The standard InChI is InChI=1S/C12H18ClNO3S/c1-2-17-9-3-8-14-18(15,16)10-11-4-6-12(13)7-5-11/h4-7,14H,2-3,8-10H2,1H3. The van der Waals surface area contributed by atoms with E-state index in [1.165, 1.54) is 0 Å². The van der Waals surface area contributed by atoms with Gasteiger partial charge in [-0.2, -0.15) is 0 Å². The van der Waals surface area contributed by atoms with Gasteiger partial charge in [-0.05, 0) is 31.0 Å². The first-order valence-electron chi connectivity index (χ1n) is 5.83. The molecule has 0 atom stereocenters. The molecule has 0 spiro atoms. The van der Waals surface area contributed by atoms with E-state index in [1.807, 2.05) is 6.92 Å². The molecule has 1 rings (SSSR count). The van der Waals surface area contributed by atoms with Crippen LogP contribution in [0.25, 0.3) is 0 Å². The van der Waals surface area contributed by atoms with E-state index in [4.69, 9.17) is 16.3 Å². The van der Waals surface area contributed by atoms with Crippen molar-refractivity contribution in [3.63, 3.8) is 0 Å². The van der Waals surface area contributed by atoms with Crippen molar-refractivity contribution in [2.75, 3.05) is 19.8 Å². The van der Waals surface area contributed by atoms with Crippen molar-refractivity contribution in [1.82, 2.24) is 4.72 Å². The Kier molecular flexibility index (Phi) is 6.63. The Morgan fingerprint density at radius 3 is 2.56 bits per heavy atom. The fourth-order valence-electron chi connectivity index (χ4n) is 1.40. The molecular weight excluding hydrogens is 274 g/mol. The highest BCUT2D eigenvalue weighted by atomic mass is 35.5. The highest BCUT2D eigenvalue weighted by molar-refractivity contribution is 7.88. The second kappa shape index (κ2) is 7.74. The number of rotatable bonds is 8. The Labute approximate surface area is 113 Å². The van der Waals surface area contributed by atoms with Crippen LogP contribution in [-0.2, 0) is 20.5 Å². The topological polar surface area (TPSA) is 55.4 Å². The van der Waals surface area contributed by atoms with Crippen LogP contribution in [0.2, 0.25) is 5.02 Å². The predicted octanol–water partition coefficient (Wildman–Crippen LogP) is 2.19. The van der Waals surface area contributed by atoms with Crippen molar-refractivity contribution in [3.05, 3.63) is 34.9 Å². The van der Waals surface area contributed by atoms with Gasteiger partial charge in [0, 0.05) is 24.8 Å². The third-order valence-corrected chi connectivity index (χ3v) is 3.87. The molecule has 0 aliphatic carbocycles. The van der Waals surface area contributed by atoms with Crippen molar-refractivity contribution >= 4 is 21.6 Å². The molecule has 18 heavy (non-hydrogen) atoms. The van der Waals surface area contributed by atoms with Gasteiger partial charge >= 0.3 is 0 Å². The van der Waals surface area contributed by atoms with Crippen molar-refractivity contribution in [2.45, 2.75) is 19.1 Å². The van der Waals surface area contributed by atoms with Crippen molar-refractivity contribution in [1.29, 1.82) is 0 Å². The van der Waals surface area contributed by atoms with Crippen LogP contribution in [0, 0.1) is 0 Å². The minimum Gasteiger partial charge on any atom is -0.382 e. The largest absolute Gasteiger partial charge is 0.382 e. The summed E-state index contributed by atoms with van der Waals surface area (Å²) in [6, 6.07) is 6.78. The third kappa shape index (κ3) is 6.35. The van der Waals surface area contributed by atoms with Crippen molar-refractivity contribution < 1.29 is 13.2 Å². The third-order valence-electron chi connectivity index (χ3n) is 2.26. The van der Waals surface area contributed by atoms with E-state index in [0.29, 0.717) is 31.2 Å². The van der Waals surface area contributed by atoms with E-state index in [9.17, 15) is 8.42 Å². The van der Waals surface area contributed by atoms with Crippen LogP contribution in [-0.4, -0.2) is 28.2 Å². The number of nitrogens with one attached hydrogen (secondary N) is 1. The van der Waals surface area contributed by atoms with Gasteiger partial charge in [0.2, 0.25) is 10.0 Å². The number of benzene rings is 1. The summed E-state index contributed by atoms with van der Waals surface area (Å²) in [5.74, 6) is -0.0290. The summed E-state index contributed by atoms with van der Waals surface area (Å²) in [7, 11) is -3.28. The first kappa shape index (κ1) is 15.4. The summed E-state index contributed by atoms with van der Waals surface area (Å²) in [6.07, 6.45) is 0.674. The van der Waals surface area contributed by atoms with Gasteiger partial charge in [0.25, 0.3) is 0 Å². The Bertz CT molecular complexity index is 445. The number of halogens is 1. The van der Waals surface area contributed by atoms with Crippen LogP contribution in [0.15, 0.2) is 24.3 Å². The quantitative estimate of drug-likeness (QED) is 0.747.